The molecule has 25 heavy (non-hydrogen) atoms. The van der Waals surface area contributed by atoms with Gasteiger partial charge >= 0.3 is 0 Å². The molecule has 138 valence electrons. The number of carbonyl (C=O) groups excluding carboxylic acids is 1. The van der Waals surface area contributed by atoms with E-state index in [0.717, 1.165) is 44.8 Å². The summed E-state index contributed by atoms with van der Waals surface area (Å²) in [5.74, 6) is -0.0296. The van der Waals surface area contributed by atoms with Crippen LogP contribution < -0.4 is 4.90 Å². The summed E-state index contributed by atoms with van der Waals surface area (Å²) in [5, 5.41) is 0. The van der Waals surface area contributed by atoms with Gasteiger partial charge in [-0.1, -0.05) is 0 Å². The molecular weight excluding hydrogens is 321 g/mol. The van der Waals surface area contributed by atoms with E-state index in [2.05, 4.69) is 9.80 Å². The second-order valence-electron chi connectivity index (χ2n) is 7.27. The van der Waals surface area contributed by atoms with Gasteiger partial charge in [0.1, 0.15) is 5.82 Å². The van der Waals surface area contributed by atoms with E-state index in [1.54, 1.807) is 0 Å². The number of ether oxygens (including phenoxy) is 1. The van der Waals surface area contributed by atoms with Crippen molar-refractivity contribution in [3.05, 3.63) is 30.1 Å². The summed E-state index contributed by atoms with van der Waals surface area (Å²) in [7, 11) is 0. The fourth-order valence-corrected chi connectivity index (χ4v) is 3.68. The highest BCUT2D eigenvalue weighted by Crippen LogP contribution is 2.22. The van der Waals surface area contributed by atoms with Crippen molar-refractivity contribution in [3.8, 4) is 0 Å². The van der Waals surface area contributed by atoms with E-state index in [1.165, 1.54) is 12.1 Å². The third-order valence-corrected chi connectivity index (χ3v) is 5.30. The van der Waals surface area contributed by atoms with E-state index in [4.69, 9.17) is 4.74 Å². The summed E-state index contributed by atoms with van der Waals surface area (Å²) in [6.07, 6.45) is 0.919. The quantitative estimate of drug-likeness (QED) is 0.836. The summed E-state index contributed by atoms with van der Waals surface area (Å²) in [5.41, 5.74) is 0.512. The first-order chi connectivity index (χ1) is 12.0. The van der Waals surface area contributed by atoms with Gasteiger partial charge in [0, 0.05) is 45.0 Å². The van der Waals surface area contributed by atoms with E-state index >= 15 is 0 Å². The summed E-state index contributed by atoms with van der Waals surface area (Å²) in [6.45, 7) is 10.1. The summed E-state index contributed by atoms with van der Waals surface area (Å²) >= 11 is 0. The SMILES string of the molecule is CC(C)(C(=O)N1CCCN(c2ccc(F)cc2)CC1)N1CCOCC1. The Morgan fingerprint density at radius 2 is 1.68 bits per heavy atom. The number of benzene rings is 1. The maximum Gasteiger partial charge on any atom is 0.242 e. The zero-order chi connectivity index (χ0) is 17.9. The maximum absolute atomic E-state index is 13.1. The number of nitrogens with zero attached hydrogens (tertiary/aromatic N) is 3. The molecule has 0 spiro atoms. The Morgan fingerprint density at radius 1 is 1.00 bits per heavy atom. The van der Waals surface area contributed by atoms with E-state index in [-0.39, 0.29) is 11.7 Å². The fraction of sp³-hybridized carbons (Fsp3) is 0.632. The van der Waals surface area contributed by atoms with E-state index in [9.17, 15) is 9.18 Å². The predicted molar refractivity (Wildman–Crippen MR) is 96.3 cm³/mol. The van der Waals surface area contributed by atoms with Crippen LogP contribution in [0.2, 0.25) is 0 Å². The highest BCUT2D eigenvalue weighted by atomic mass is 19.1. The lowest BCUT2D eigenvalue weighted by atomic mass is 9.99. The first-order valence-electron chi connectivity index (χ1n) is 9.11. The van der Waals surface area contributed by atoms with Crippen LogP contribution in [0.5, 0.6) is 0 Å². The highest BCUT2D eigenvalue weighted by molar-refractivity contribution is 5.85. The van der Waals surface area contributed by atoms with Crippen LogP contribution in [0.15, 0.2) is 24.3 Å². The molecule has 2 aliphatic heterocycles. The lowest BCUT2D eigenvalue weighted by molar-refractivity contribution is -0.145. The summed E-state index contributed by atoms with van der Waals surface area (Å²) < 4.78 is 18.5. The van der Waals surface area contributed by atoms with Crippen LogP contribution in [-0.2, 0) is 9.53 Å². The summed E-state index contributed by atoms with van der Waals surface area (Å²) in [6, 6.07) is 6.60. The zero-order valence-corrected chi connectivity index (χ0v) is 15.2. The standard InChI is InChI=1S/C19H28FN3O2/c1-19(2,23-12-14-25-15-13-23)18(24)22-9-3-8-21(10-11-22)17-6-4-16(20)5-7-17/h4-7H,3,8-15H2,1-2H3. The molecule has 2 heterocycles. The van der Waals surface area contributed by atoms with Gasteiger partial charge in [-0.2, -0.15) is 0 Å². The number of amides is 1. The molecule has 0 bridgehead atoms. The predicted octanol–water partition coefficient (Wildman–Crippen LogP) is 1.98. The molecule has 1 aromatic carbocycles. The fourth-order valence-electron chi connectivity index (χ4n) is 3.68. The number of carbonyl (C=O) groups is 1. The minimum Gasteiger partial charge on any atom is -0.379 e. The van der Waals surface area contributed by atoms with Crippen LogP contribution >= 0.6 is 0 Å². The maximum atomic E-state index is 13.1. The molecule has 2 aliphatic rings. The molecule has 3 rings (SSSR count). The van der Waals surface area contributed by atoms with Crippen molar-refractivity contribution in [3.63, 3.8) is 0 Å². The average molecular weight is 349 g/mol. The first-order valence-corrected chi connectivity index (χ1v) is 9.11. The second kappa shape index (κ2) is 7.70. The van der Waals surface area contributed by atoms with Gasteiger partial charge in [-0.25, -0.2) is 4.39 Å². The van der Waals surface area contributed by atoms with E-state index < -0.39 is 5.54 Å². The summed E-state index contributed by atoms with van der Waals surface area (Å²) in [4.78, 5) is 19.6. The van der Waals surface area contributed by atoms with Crippen molar-refractivity contribution in [2.75, 3.05) is 57.4 Å². The number of hydrogen-bond acceptors (Lipinski definition) is 4. The zero-order valence-electron chi connectivity index (χ0n) is 15.2. The number of rotatable bonds is 3. The van der Waals surface area contributed by atoms with Crippen molar-refractivity contribution in [2.45, 2.75) is 25.8 Å². The van der Waals surface area contributed by atoms with Gasteiger partial charge in [0.25, 0.3) is 0 Å². The Morgan fingerprint density at radius 3 is 2.36 bits per heavy atom. The van der Waals surface area contributed by atoms with Crippen LogP contribution in [0.3, 0.4) is 0 Å². The molecule has 0 unspecified atom stereocenters. The molecule has 1 aromatic rings. The Bertz CT molecular complexity index is 585. The van der Waals surface area contributed by atoms with Crippen molar-refractivity contribution >= 4 is 11.6 Å². The van der Waals surface area contributed by atoms with Gasteiger partial charge in [0.05, 0.1) is 18.8 Å². The highest BCUT2D eigenvalue weighted by Gasteiger charge is 2.38. The van der Waals surface area contributed by atoms with Gasteiger partial charge in [-0.15, -0.1) is 0 Å². The van der Waals surface area contributed by atoms with Gasteiger partial charge in [-0.05, 0) is 44.5 Å². The number of morpholine rings is 1. The van der Waals surface area contributed by atoms with Crippen LogP contribution in [0.1, 0.15) is 20.3 Å². The molecular formula is C19H28FN3O2. The van der Waals surface area contributed by atoms with Crippen LogP contribution in [0.25, 0.3) is 0 Å². The molecule has 5 nitrogen and oxygen atoms in total. The minimum absolute atomic E-state index is 0.190. The number of hydrogen-bond donors (Lipinski definition) is 0. The Kier molecular flexibility index (Phi) is 5.59. The second-order valence-corrected chi connectivity index (χ2v) is 7.27. The lowest BCUT2D eigenvalue weighted by Crippen LogP contribution is -2.59. The van der Waals surface area contributed by atoms with Crippen molar-refractivity contribution < 1.29 is 13.9 Å². The van der Waals surface area contributed by atoms with E-state index in [0.29, 0.717) is 19.8 Å². The monoisotopic (exact) mass is 349 g/mol. The third-order valence-electron chi connectivity index (χ3n) is 5.30. The van der Waals surface area contributed by atoms with Gasteiger partial charge in [-0.3, -0.25) is 9.69 Å². The smallest absolute Gasteiger partial charge is 0.242 e. The molecule has 2 saturated heterocycles. The molecule has 0 aliphatic carbocycles. The molecule has 1 amide bonds. The third kappa shape index (κ3) is 4.12. The molecule has 0 saturated carbocycles. The Labute approximate surface area is 149 Å². The average Bonchev–Trinajstić information content (AvgIpc) is 2.88. The lowest BCUT2D eigenvalue weighted by Gasteiger charge is -2.42. The molecule has 2 fully saturated rings. The minimum atomic E-state index is -0.505. The number of anilines is 1. The van der Waals surface area contributed by atoms with Crippen molar-refractivity contribution in [1.82, 2.24) is 9.80 Å². The normalized spacial score (nSPS) is 20.4. The van der Waals surface area contributed by atoms with Crippen LogP contribution in [0.4, 0.5) is 10.1 Å². The van der Waals surface area contributed by atoms with E-state index in [1.807, 2.05) is 30.9 Å². The number of halogens is 1. The Balaban J connectivity index is 1.63. The van der Waals surface area contributed by atoms with Gasteiger partial charge < -0.3 is 14.5 Å². The first kappa shape index (κ1) is 18.1. The largest absolute Gasteiger partial charge is 0.379 e. The van der Waals surface area contributed by atoms with Crippen LogP contribution in [0, 0.1) is 5.82 Å². The Hall–Kier alpha value is -1.66. The van der Waals surface area contributed by atoms with Gasteiger partial charge in [0.2, 0.25) is 5.91 Å². The van der Waals surface area contributed by atoms with Crippen molar-refractivity contribution in [2.24, 2.45) is 0 Å². The molecule has 0 aromatic heterocycles. The topological polar surface area (TPSA) is 36.0 Å². The molecule has 0 radical (unpaired) electrons. The molecule has 6 heteroatoms. The van der Waals surface area contributed by atoms with Crippen molar-refractivity contribution in [1.29, 1.82) is 0 Å². The van der Waals surface area contributed by atoms with Gasteiger partial charge in [0.15, 0.2) is 0 Å². The van der Waals surface area contributed by atoms with Crippen LogP contribution in [-0.4, -0.2) is 73.7 Å². The molecule has 0 N–H and O–H groups in total. The molecule has 0 atom stereocenters.